The minimum atomic E-state index is -0.0424. The molecule has 1 aromatic rings. The third kappa shape index (κ3) is 7.37. The van der Waals surface area contributed by atoms with Crippen molar-refractivity contribution in [2.45, 2.75) is 71.4 Å². The summed E-state index contributed by atoms with van der Waals surface area (Å²) >= 11 is 0. The molecule has 6 nitrogen and oxygen atoms in total. The number of rotatable bonds is 12. The van der Waals surface area contributed by atoms with Crippen molar-refractivity contribution < 1.29 is 18.7 Å². The number of furan rings is 1. The van der Waals surface area contributed by atoms with Gasteiger partial charge in [-0.1, -0.05) is 26.7 Å². The monoisotopic (exact) mass is 378 g/mol. The molecule has 1 aliphatic rings. The molecule has 1 aromatic heterocycles. The molecule has 1 atom stereocenters. The molecule has 0 saturated carbocycles. The van der Waals surface area contributed by atoms with Crippen molar-refractivity contribution in [2.75, 3.05) is 26.2 Å². The van der Waals surface area contributed by atoms with Gasteiger partial charge in [0.15, 0.2) is 0 Å². The van der Waals surface area contributed by atoms with E-state index in [9.17, 15) is 9.59 Å². The van der Waals surface area contributed by atoms with Gasteiger partial charge in [-0.2, -0.15) is 0 Å². The fraction of sp³-hybridized carbons (Fsp3) is 0.714. The number of amides is 2. The second kappa shape index (κ2) is 11.8. The summed E-state index contributed by atoms with van der Waals surface area (Å²) in [6, 6.07) is 3.69. The lowest BCUT2D eigenvalue weighted by atomic mass is 10.2. The molecular weight excluding hydrogens is 344 g/mol. The van der Waals surface area contributed by atoms with Gasteiger partial charge in [0.25, 0.3) is 0 Å². The lowest BCUT2D eigenvalue weighted by molar-refractivity contribution is -0.142. The fourth-order valence-corrected chi connectivity index (χ4v) is 3.39. The lowest BCUT2D eigenvalue weighted by Gasteiger charge is -2.28. The van der Waals surface area contributed by atoms with Crippen molar-refractivity contribution in [1.82, 2.24) is 9.80 Å². The van der Waals surface area contributed by atoms with E-state index in [4.69, 9.17) is 9.15 Å². The Bertz CT molecular complexity index is 553. The van der Waals surface area contributed by atoms with E-state index in [1.165, 1.54) is 0 Å². The number of hydrogen-bond acceptors (Lipinski definition) is 4. The first-order chi connectivity index (χ1) is 13.1. The van der Waals surface area contributed by atoms with Crippen LogP contribution in [0.3, 0.4) is 0 Å². The smallest absolute Gasteiger partial charge is 0.242 e. The molecule has 0 N–H and O–H groups in total. The summed E-state index contributed by atoms with van der Waals surface area (Å²) < 4.78 is 11.1. The molecule has 1 aliphatic heterocycles. The fourth-order valence-electron chi connectivity index (χ4n) is 3.39. The van der Waals surface area contributed by atoms with Crippen LogP contribution in [-0.2, 0) is 20.9 Å². The Hall–Kier alpha value is -1.82. The third-order valence-corrected chi connectivity index (χ3v) is 4.89. The number of ether oxygens (including phenoxy) is 1. The van der Waals surface area contributed by atoms with Crippen LogP contribution in [0.4, 0.5) is 0 Å². The number of hydrogen-bond donors (Lipinski definition) is 0. The van der Waals surface area contributed by atoms with Crippen molar-refractivity contribution in [3.8, 4) is 0 Å². The van der Waals surface area contributed by atoms with Crippen LogP contribution in [0.1, 0.15) is 64.6 Å². The van der Waals surface area contributed by atoms with Crippen LogP contribution in [0, 0.1) is 0 Å². The van der Waals surface area contributed by atoms with Gasteiger partial charge in [0.05, 0.1) is 25.5 Å². The Kier molecular flexibility index (Phi) is 9.39. The first-order valence-corrected chi connectivity index (χ1v) is 10.3. The van der Waals surface area contributed by atoms with Gasteiger partial charge in [-0.3, -0.25) is 9.59 Å². The molecule has 2 heterocycles. The average molecular weight is 379 g/mol. The maximum absolute atomic E-state index is 13.0. The zero-order valence-corrected chi connectivity index (χ0v) is 16.8. The van der Waals surface area contributed by atoms with E-state index in [0.29, 0.717) is 26.1 Å². The summed E-state index contributed by atoms with van der Waals surface area (Å²) in [6.07, 6.45) is 8.06. The quantitative estimate of drug-likeness (QED) is 0.521. The predicted molar refractivity (Wildman–Crippen MR) is 104 cm³/mol. The minimum Gasteiger partial charge on any atom is -0.467 e. The molecule has 152 valence electrons. The third-order valence-electron chi connectivity index (χ3n) is 4.89. The largest absolute Gasteiger partial charge is 0.467 e. The van der Waals surface area contributed by atoms with Crippen molar-refractivity contribution in [3.63, 3.8) is 0 Å². The first kappa shape index (κ1) is 21.5. The van der Waals surface area contributed by atoms with Gasteiger partial charge in [-0.05, 0) is 37.8 Å². The zero-order chi connectivity index (χ0) is 19.5. The molecule has 0 radical (unpaired) electrons. The van der Waals surface area contributed by atoms with Crippen molar-refractivity contribution in [2.24, 2.45) is 0 Å². The molecule has 0 aromatic carbocycles. The highest BCUT2D eigenvalue weighted by atomic mass is 16.5. The minimum absolute atomic E-state index is 0.0424. The van der Waals surface area contributed by atoms with Gasteiger partial charge in [0, 0.05) is 26.1 Å². The summed E-state index contributed by atoms with van der Waals surface area (Å²) in [7, 11) is 0. The molecule has 1 fully saturated rings. The maximum Gasteiger partial charge on any atom is 0.242 e. The number of unbranched alkanes of at least 4 members (excludes halogenated alkanes) is 2. The highest BCUT2D eigenvalue weighted by Gasteiger charge is 2.25. The SMILES string of the molecule is CCCCCC(=O)N(CCC)CC(=O)N(Cc1ccco1)CC1CCCO1. The Labute approximate surface area is 162 Å². The lowest BCUT2D eigenvalue weighted by Crippen LogP contribution is -2.45. The Morgan fingerprint density at radius 2 is 2.00 bits per heavy atom. The predicted octanol–water partition coefficient (Wildman–Crippen LogP) is 3.61. The zero-order valence-electron chi connectivity index (χ0n) is 16.8. The summed E-state index contributed by atoms with van der Waals surface area (Å²) in [4.78, 5) is 29.0. The standard InChI is InChI=1S/C21H34N2O4/c1-3-5-6-11-20(24)22(12-4-2)17-21(25)23(15-18-9-7-13-26-18)16-19-10-8-14-27-19/h7,9,13,19H,3-6,8,10-12,14-17H2,1-2H3. The number of nitrogens with zero attached hydrogens (tertiary/aromatic N) is 2. The Morgan fingerprint density at radius 1 is 1.15 bits per heavy atom. The van der Waals surface area contributed by atoms with Crippen LogP contribution in [0.25, 0.3) is 0 Å². The maximum atomic E-state index is 13.0. The van der Waals surface area contributed by atoms with Gasteiger partial charge in [0.2, 0.25) is 11.8 Å². The van der Waals surface area contributed by atoms with Crippen LogP contribution < -0.4 is 0 Å². The second-order valence-electron chi connectivity index (χ2n) is 7.26. The molecule has 27 heavy (non-hydrogen) atoms. The van der Waals surface area contributed by atoms with Crippen molar-refractivity contribution >= 4 is 11.8 Å². The van der Waals surface area contributed by atoms with Gasteiger partial charge >= 0.3 is 0 Å². The average Bonchev–Trinajstić information content (AvgIpc) is 3.35. The van der Waals surface area contributed by atoms with Gasteiger partial charge in [-0.25, -0.2) is 0 Å². The number of carbonyl (C=O) groups excluding carboxylic acids is 2. The molecule has 1 unspecified atom stereocenters. The summed E-state index contributed by atoms with van der Waals surface area (Å²) in [5, 5.41) is 0. The molecule has 2 rings (SSSR count). The number of carbonyl (C=O) groups is 2. The van der Waals surface area contributed by atoms with Crippen molar-refractivity contribution in [1.29, 1.82) is 0 Å². The van der Waals surface area contributed by atoms with Crippen LogP contribution in [0.15, 0.2) is 22.8 Å². The topological polar surface area (TPSA) is 63.0 Å². The van der Waals surface area contributed by atoms with Crippen molar-refractivity contribution in [3.05, 3.63) is 24.2 Å². The highest BCUT2D eigenvalue weighted by molar-refractivity contribution is 5.84. The molecule has 0 spiro atoms. The normalized spacial score (nSPS) is 16.4. The summed E-state index contributed by atoms with van der Waals surface area (Å²) in [6.45, 7) is 6.61. The summed E-state index contributed by atoms with van der Waals surface area (Å²) in [5.74, 6) is 0.783. The van der Waals surface area contributed by atoms with Crippen LogP contribution in [-0.4, -0.2) is 54.0 Å². The molecule has 1 saturated heterocycles. The van der Waals surface area contributed by atoms with E-state index in [1.54, 1.807) is 16.1 Å². The summed E-state index contributed by atoms with van der Waals surface area (Å²) in [5.41, 5.74) is 0. The second-order valence-corrected chi connectivity index (χ2v) is 7.26. The molecule has 0 bridgehead atoms. The van der Waals surface area contributed by atoms with E-state index in [1.807, 2.05) is 19.1 Å². The Balaban J connectivity index is 1.98. The van der Waals surface area contributed by atoms with E-state index in [2.05, 4.69) is 6.92 Å². The Morgan fingerprint density at radius 3 is 2.63 bits per heavy atom. The van der Waals surface area contributed by atoms with Gasteiger partial charge < -0.3 is 19.0 Å². The molecule has 0 aliphatic carbocycles. The first-order valence-electron chi connectivity index (χ1n) is 10.3. The van der Waals surface area contributed by atoms with Crippen LogP contribution >= 0.6 is 0 Å². The molecule has 6 heteroatoms. The van der Waals surface area contributed by atoms with Gasteiger partial charge in [0.1, 0.15) is 5.76 Å². The van der Waals surface area contributed by atoms with Gasteiger partial charge in [-0.15, -0.1) is 0 Å². The van der Waals surface area contributed by atoms with Crippen LogP contribution in [0.2, 0.25) is 0 Å². The highest BCUT2D eigenvalue weighted by Crippen LogP contribution is 2.16. The van der Waals surface area contributed by atoms with E-state index < -0.39 is 0 Å². The van der Waals surface area contributed by atoms with E-state index >= 15 is 0 Å². The van der Waals surface area contributed by atoms with E-state index in [-0.39, 0.29) is 24.5 Å². The molecule has 2 amide bonds. The molecular formula is C21H34N2O4. The van der Waals surface area contributed by atoms with E-state index in [0.717, 1.165) is 50.9 Å². The van der Waals surface area contributed by atoms with Crippen LogP contribution in [0.5, 0.6) is 0 Å².